The highest BCUT2D eigenvalue weighted by molar-refractivity contribution is 6.30. The van der Waals surface area contributed by atoms with Crippen molar-refractivity contribution >= 4 is 35.5 Å². The Morgan fingerprint density at radius 1 is 1.00 bits per heavy atom. The maximum atomic E-state index is 12.8. The Balaban J connectivity index is 1.46. The van der Waals surface area contributed by atoms with Crippen LogP contribution in [0.25, 0.3) is 6.08 Å². The molecule has 0 aliphatic carbocycles. The fourth-order valence-corrected chi connectivity index (χ4v) is 3.88. The van der Waals surface area contributed by atoms with Crippen LogP contribution in [0.4, 0.5) is 0 Å². The Hall–Kier alpha value is -3.00. The molecule has 166 valence electrons. The molecule has 2 aromatic rings. The van der Waals surface area contributed by atoms with Gasteiger partial charge in [0.25, 0.3) is 11.8 Å². The van der Waals surface area contributed by atoms with Crippen LogP contribution in [0.1, 0.15) is 26.3 Å². The van der Waals surface area contributed by atoms with Crippen molar-refractivity contribution in [1.29, 1.82) is 0 Å². The van der Waals surface area contributed by atoms with Gasteiger partial charge in [-0.25, -0.2) is 4.79 Å². The fourth-order valence-electron chi connectivity index (χ4n) is 3.75. The number of halogens is 1. The van der Waals surface area contributed by atoms with E-state index in [4.69, 9.17) is 21.1 Å². The van der Waals surface area contributed by atoms with Crippen molar-refractivity contribution in [2.75, 3.05) is 39.4 Å². The number of nitrogens with zero attached hydrogens (tertiary/aromatic N) is 2. The number of ether oxygens (including phenoxy) is 2. The second kappa shape index (κ2) is 10.1. The molecule has 0 bridgehead atoms. The second-order valence-electron chi connectivity index (χ2n) is 7.62. The lowest BCUT2D eigenvalue weighted by atomic mass is 10.1. The molecule has 0 spiro atoms. The zero-order valence-electron chi connectivity index (χ0n) is 17.4. The normalized spacial score (nSPS) is 17.6. The Bertz CT molecular complexity index is 996. The van der Waals surface area contributed by atoms with E-state index < -0.39 is 12.1 Å². The van der Waals surface area contributed by atoms with Crippen molar-refractivity contribution < 1.29 is 23.9 Å². The van der Waals surface area contributed by atoms with Crippen LogP contribution in [0.15, 0.2) is 54.6 Å². The Morgan fingerprint density at radius 3 is 2.25 bits per heavy atom. The molecule has 4 rings (SSSR count). The van der Waals surface area contributed by atoms with Gasteiger partial charge in [-0.15, -0.1) is 0 Å². The van der Waals surface area contributed by atoms with E-state index in [0.29, 0.717) is 49.0 Å². The molecule has 2 aromatic carbocycles. The molecular weight excluding hydrogens is 432 g/mol. The lowest BCUT2D eigenvalue weighted by Crippen LogP contribution is -2.47. The van der Waals surface area contributed by atoms with Gasteiger partial charge in [-0.1, -0.05) is 35.9 Å². The summed E-state index contributed by atoms with van der Waals surface area (Å²) in [6.07, 6.45) is 2.29. The molecule has 7 nitrogen and oxygen atoms in total. The van der Waals surface area contributed by atoms with Crippen LogP contribution in [0.5, 0.6) is 0 Å². The lowest BCUT2D eigenvalue weighted by molar-refractivity contribution is -0.144. The Labute approximate surface area is 191 Å². The molecule has 2 aliphatic rings. The van der Waals surface area contributed by atoms with Crippen LogP contribution in [0.2, 0.25) is 5.02 Å². The zero-order chi connectivity index (χ0) is 22.5. The molecule has 2 amide bonds. The zero-order valence-corrected chi connectivity index (χ0v) is 18.2. The Kier molecular flexibility index (Phi) is 6.99. The van der Waals surface area contributed by atoms with E-state index in [1.165, 1.54) is 6.08 Å². The number of imide groups is 1. The third-order valence-corrected chi connectivity index (χ3v) is 5.65. The summed E-state index contributed by atoms with van der Waals surface area (Å²) in [6, 6.07) is 13.7. The van der Waals surface area contributed by atoms with Crippen LogP contribution >= 0.6 is 11.6 Å². The average molecular weight is 455 g/mol. The van der Waals surface area contributed by atoms with Gasteiger partial charge in [0.2, 0.25) is 0 Å². The largest absolute Gasteiger partial charge is 0.456 e. The van der Waals surface area contributed by atoms with Crippen LogP contribution in [-0.4, -0.2) is 73.1 Å². The van der Waals surface area contributed by atoms with Gasteiger partial charge in [0.05, 0.1) is 30.9 Å². The Morgan fingerprint density at radius 2 is 1.62 bits per heavy atom. The van der Waals surface area contributed by atoms with Crippen molar-refractivity contribution in [2.24, 2.45) is 0 Å². The molecule has 2 aliphatic heterocycles. The third kappa shape index (κ3) is 5.24. The van der Waals surface area contributed by atoms with Crippen molar-refractivity contribution in [1.82, 2.24) is 9.80 Å². The predicted molar refractivity (Wildman–Crippen MR) is 119 cm³/mol. The summed E-state index contributed by atoms with van der Waals surface area (Å²) < 4.78 is 11.1. The molecule has 1 unspecified atom stereocenters. The number of fused-ring (bicyclic) bond motifs is 1. The van der Waals surface area contributed by atoms with Crippen molar-refractivity contribution in [3.63, 3.8) is 0 Å². The molecule has 32 heavy (non-hydrogen) atoms. The summed E-state index contributed by atoms with van der Waals surface area (Å²) in [4.78, 5) is 41.3. The highest BCUT2D eigenvalue weighted by Gasteiger charge is 2.37. The van der Waals surface area contributed by atoms with E-state index >= 15 is 0 Å². The maximum absolute atomic E-state index is 12.8. The molecule has 0 aromatic heterocycles. The molecule has 0 radical (unpaired) electrons. The monoisotopic (exact) mass is 454 g/mol. The van der Waals surface area contributed by atoms with Gasteiger partial charge in [0.15, 0.2) is 0 Å². The maximum Gasteiger partial charge on any atom is 0.331 e. The van der Waals surface area contributed by atoms with E-state index in [9.17, 15) is 14.4 Å². The molecule has 0 N–H and O–H groups in total. The number of esters is 1. The fraction of sp³-hybridized carbons (Fsp3) is 0.292. The standard InChI is InChI=1S/C24H23ClN2O5/c25-18-8-5-17(6-9-18)7-10-22(28)32-19(15-26-11-13-31-14-12-26)16-27-23(29)20-3-1-2-4-21(20)24(27)30/h1-10,19H,11-16H2/b10-7+. The predicted octanol–water partition coefficient (Wildman–Crippen LogP) is 2.89. The molecule has 1 atom stereocenters. The summed E-state index contributed by atoms with van der Waals surface area (Å²) in [7, 11) is 0. The first kappa shape index (κ1) is 22.2. The third-order valence-electron chi connectivity index (χ3n) is 5.39. The number of hydrogen-bond donors (Lipinski definition) is 0. The number of morpholine rings is 1. The summed E-state index contributed by atoms with van der Waals surface area (Å²) >= 11 is 5.88. The van der Waals surface area contributed by atoms with E-state index in [0.717, 1.165) is 10.5 Å². The summed E-state index contributed by atoms with van der Waals surface area (Å²) in [5.41, 5.74) is 1.55. The second-order valence-corrected chi connectivity index (χ2v) is 8.06. The molecule has 0 saturated carbocycles. The first-order chi connectivity index (χ1) is 15.5. The van der Waals surface area contributed by atoms with Gasteiger partial charge < -0.3 is 9.47 Å². The minimum Gasteiger partial charge on any atom is -0.456 e. The minimum absolute atomic E-state index is 0.00969. The van der Waals surface area contributed by atoms with Crippen LogP contribution in [0.3, 0.4) is 0 Å². The van der Waals surface area contributed by atoms with E-state index in [-0.39, 0.29) is 18.4 Å². The van der Waals surface area contributed by atoms with E-state index in [2.05, 4.69) is 4.90 Å². The molecule has 2 heterocycles. The first-order valence-corrected chi connectivity index (χ1v) is 10.8. The van der Waals surface area contributed by atoms with Crippen molar-refractivity contribution in [3.8, 4) is 0 Å². The SMILES string of the molecule is O=C(/C=C/c1ccc(Cl)cc1)OC(CN1CCOCC1)CN1C(=O)c2ccccc2C1=O. The minimum atomic E-state index is -0.669. The molecule has 1 saturated heterocycles. The van der Waals surface area contributed by atoms with Crippen LogP contribution in [-0.2, 0) is 14.3 Å². The van der Waals surface area contributed by atoms with Gasteiger partial charge in [-0.2, -0.15) is 0 Å². The van der Waals surface area contributed by atoms with Gasteiger partial charge >= 0.3 is 5.97 Å². The number of carbonyl (C=O) groups excluding carboxylic acids is 3. The summed E-state index contributed by atoms with van der Waals surface area (Å²) in [5.74, 6) is -1.29. The van der Waals surface area contributed by atoms with Gasteiger partial charge in [0, 0.05) is 30.7 Å². The lowest BCUT2D eigenvalue weighted by Gasteiger charge is -2.31. The quantitative estimate of drug-likeness (QED) is 0.364. The summed E-state index contributed by atoms with van der Waals surface area (Å²) in [5, 5.41) is 0.608. The van der Waals surface area contributed by atoms with Crippen molar-refractivity contribution in [2.45, 2.75) is 6.10 Å². The summed E-state index contributed by atoms with van der Waals surface area (Å²) in [6.45, 7) is 2.95. The number of amides is 2. The molecule has 1 fully saturated rings. The number of benzene rings is 2. The first-order valence-electron chi connectivity index (χ1n) is 10.4. The number of rotatable bonds is 7. The molecular formula is C24H23ClN2O5. The highest BCUT2D eigenvalue weighted by atomic mass is 35.5. The average Bonchev–Trinajstić information content (AvgIpc) is 3.04. The van der Waals surface area contributed by atoms with Gasteiger partial charge in [-0.3, -0.25) is 19.4 Å². The van der Waals surface area contributed by atoms with Crippen LogP contribution in [0, 0.1) is 0 Å². The van der Waals surface area contributed by atoms with Gasteiger partial charge in [-0.05, 0) is 35.9 Å². The van der Waals surface area contributed by atoms with Crippen LogP contribution < -0.4 is 0 Å². The smallest absolute Gasteiger partial charge is 0.331 e. The number of carbonyl (C=O) groups is 3. The topological polar surface area (TPSA) is 76.2 Å². The van der Waals surface area contributed by atoms with E-state index in [1.54, 1.807) is 54.6 Å². The van der Waals surface area contributed by atoms with E-state index in [1.807, 2.05) is 0 Å². The number of hydrogen-bond acceptors (Lipinski definition) is 6. The molecule has 8 heteroatoms. The van der Waals surface area contributed by atoms with Gasteiger partial charge in [0.1, 0.15) is 6.10 Å². The highest BCUT2D eigenvalue weighted by Crippen LogP contribution is 2.23. The van der Waals surface area contributed by atoms with Crippen molar-refractivity contribution in [3.05, 3.63) is 76.3 Å².